The summed E-state index contributed by atoms with van der Waals surface area (Å²) in [6.45, 7) is 0. The lowest BCUT2D eigenvalue weighted by atomic mass is 10.0. The van der Waals surface area contributed by atoms with Gasteiger partial charge in [-0.1, -0.05) is 72.8 Å². The minimum Gasteiger partial charge on any atom is -0.356 e. The first-order valence-electron chi connectivity index (χ1n) is 12.6. The smallest absolute Gasteiger partial charge is 0.0541 e. The highest BCUT2D eigenvalue weighted by molar-refractivity contribution is 6.10. The lowest BCUT2D eigenvalue weighted by Gasteiger charge is -2.10. The van der Waals surface area contributed by atoms with Crippen LogP contribution in [0.2, 0.25) is 0 Å². The summed E-state index contributed by atoms with van der Waals surface area (Å²) in [5.74, 6) is 0. The minimum atomic E-state index is 1.10. The number of benzene rings is 5. The predicted octanol–water partition coefficient (Wildman–Crippen LogP) is 7.55. The van der Waals surface area contributed by atoms with Gasteiger partial charge in [-0.2, -0.15) is 0 Å². The molecule has 36 heavy (non-hydrogen) atoms. The zero-order valence-electron chi connectivity index (χ0n) is 20.0. The maximum atomic E-state index is 3.57. The van der Waals surface area contributed by atoms with Gasteiger partial charge in [-0.3, -0.25) is 0 Å². The lowest BCUT2D eigenvalue weighted by molar-refractivity contribution is 1.12. The van der Waals surface area contributed by atoms with E-state index < -0.39 is 0 Å². The second-order valence-electron chi connectivity index (χ2n) is 9.45. The number of hydrogen-bond acceptors (Lipinski definition) is 1. The molecular weight excluding hydrogens is 436 g/mol. The summed E-state index contributed by atoms with van der Waals surface area (Å²) in [6.07, 6.45) is 6.91. The highest BCUT2D eigenvalue weighted by Gasteiger charge is 2.12. The third-order valence-electron chi connectivity index (χ3n) is 7.18. The first-order chi connectivity index (χ1) is 17.8. The Morgan fingerprint density at radius 2 is 1.19 bits per heavy atom. The van der Waals surface area contributed by atoms with Crippen molar-refractivity contribution in [2.24, 2.45) is 0 Å². The Hall–Kier alpha value is -4.56. The standard InChI is InChI=1S/C34H26N2/c1-2-10-30(11-3-1)36-33-13-7-6-12-31(33)32-23-27(17-21-34(32)36)25-14-18-28(19-15-25)35-29-20-16-24-8-4-5-9-26(24)22-29/h1-3,6-23,35H,4-5H2. The van der Waals surface area contributed by atoms with Crippen LogP contribution >= 0.6 is 0 Å². The van der Waals surface area contributed by atoms with Gasteiger partial charge in [-0.15, -0.1) is 0 Å². The summed E-state index contributed by atoms with van der Waals surface area (Å²) in [5, 5.41) is 8.78. The number of hydrogen-bond donors (Lipinski definition) is 1. The van der Waals surface area contributed by atoms with Crippen molar-refractivity contribution in [2.45, 2.75) is 12.8 Å². The van der Waals surface area contributed by atoms with Gasteiger partial charge in [-0.05, 0) is 89.0 Å². The van der Waals surface area contributed by atoms with Crippen molar-refractivity contribution in [3.05, 3.63) is 126 Å². The van der Waals surface area contributed by atoms with E-state index in [1.54, 1.807) is 0 Å². The van der Waals surface area contributed by atoms with Crippen LogP contribution in [0.3, 0.4) is 0 Å². The Balaban J connectivity index is 1.25. The summed E-state index contributed by atoms with van der Waals surface area (Å²) in [6, 6.07) is 41.5. The monoisotopic (exact) mass is 462 g/mol. The number of anilines is 2. The van der Waals surface area contributed by atoms with Gasteiger partial charge in [0.05, 0.1) is 11.0 Å². The van der Waals surface area contributed by atoms with Crippen LogP contribution < -0.4 is 15.8 Å². The van der Waals surface area contributed by atoms with Gasteiger partial charge in [0, 0.05) is 27.8 Å². The molecule has 7 rings (SSSR count). The van der Waals surface area contributed by atoms with Crippen LogP contribution in [-0.4, -0.2) is 4.57 Å². The zero-order chi connectivity index (χ0) is 23.9. The van der Waals surface area contributed by atoms with Gasteiger partial charge >= 0.3 is 0 Å². The minimum absolute atomic E-state index is 1.10. The normalized spacial score (nSPS) is 12.7. The van der Waals surface area contributed by atoms with Crippen LogP contribution in [0.15, 0.2) is 115 Å². The summed E-state index contributed by atoms with van der Waals surface area (Å²) in [5.41, 5.74) is 8.31. The van der Waals surface area contributed by atoms with Gasteiger partial charge in [0.15, 0.2) is 0 Å². The fourth-order valence-corrected chi connectivity index (χ4v) is 5.41. The summed E-state index contributed by atoms with van der Waals surface area (Å²) < 4.78 is 2.36. The number of nitrogens with one attached hydrogen (secondary N) is 1. The number of fused-ring (bicyclic) bond motifs is 4. The average molecular weight is 463 g/mol. The van der Waals surface area contributed by atoms with Crippen molar-refractivity contribution in [3.63, 3.8) is 0 Å². The van der Waals surface area contributed by atoms with Crippen molar-refractivity contribution < 1.29 is 0 Å². The van der Waals surface area contributed by atoms with E-state index in [2.05, 4.69) is 137 Å². The van der Waals surface area contributed by atoms with Gasteiger partial charge in [0.1, 0.15) is 0 Å². The van der Waals surface area contributed by atoms with Crippen LogP contribution in [0.4, 0.5) is 11.4 Å². The maximum Gasteiger partial charge on any atom is 0.0541 e. The third-order valence-corrected chi connectivity index (χ3v) is 7.18. The molecule has 1 heterocycles. The zero-order valence-corrected chi connectivity index (χ0v) is 20.0. The van der Waals surface area contributed by atoms with Crippen molar-refractivity contribution >= 4 is 45.3 Å². The lowest BCUT2D eigenvalue weighted by Crippen LogP contribution is -2.26. The first-order valence-corrected chi connectivity index (χ1v) is 12.6. The quantitative estimate of drug-likeness (QED) is 0.286. The molecule has 2 heteroatoms. The predicted molar refractivity (Wildman–Crippen MR) is 153 cm³/mol. The molecule has 5 aromatic carbocycles. The third kappa shape index (κ3) is 3.59. The highest BCUT2D eigenvalue weighted by Crippen LogP contribution is 2.35. The van der Waals surface area contributed by atoms with E-state index in [4.69, 9.17) is 0 Å². The molecule has 0 bridgehead atoms. The molecule has 0 atom stereocenters. The van der Waals surface area contributed by atoms with Gasteiger partial charge in [-0.25, -0.2) is 0 Å². The molecule has 2 nitrogen and oxygen atoms in total. The van der Waals surface area contributed by atoms with Crippen molar-refractivity contribution in [1.29, 1.82) is 0 Å². The number of nitrogens with zero attached hydrogens (tertiary/aromatic N) is 1. The Labute approximate surface area is 210 Å². The summed E-state index contributed by atoms with van der Waals surface area (Å²) >= 11 is 0. The van der Waals surface area contributed by atoms with Crippen LogP contribution in [0, 0.1) is 0 Å². The molecular formula is C34H26N2. The van der Waals surface area contributed by atoms with Crippen LogP contribution in [0.5, 0.6) is 0 Å². The average Bonchev–Trinajstić information content (AvgIpc) is 3.28. The molecule has 0 spiro atoms. The number of rotatable bonds is 4. The van der Waals surface area contributed by atoms with Crippen LogP contribution in [-0.2, 0) is 0 Å². The maximum absolute atomic E-state index is 3.57. The molecule has 0 saturated heterocycles. The highest BCUT2D eigenvalue weighted by atomic mass is 15.0. The summed E-state index contributed by atoms with van der Waals surface area (Å²) in [4.78, 5) is 0. The van der Waals surface area contributed by atoms with Crippen LogP contribution in [0.1, 0.15) is 12.8 Å². The molecule has 1 aliphatic rings. The second-order valence-corrected chi connectivity index (χ2v) is 9.45. The largest absolute Gasteiger partial charge is 0.356 e. The van der Waals surface area contributed by atoms with Crippen molar-refractivity contribution in [3.8, 4) is 16.8 Å². The fraction of sp³-hybridized carbons (Fsp3) is 0.0588. The molecule has 1 aliphatic carbocycles. The molecule has 1 aromatic heterocycles. The molecule has 1 N–H and O–H groups in total. The number of para-hydroxylation sites is 2. The molecule has 0 fully saturated rings. The van der Waals surface area contributed by atoms with Crippen molar-refractivity contribution in [2.75, 3.05) is 5.32 Å². The van der Waals surface area contributed by atoms with Gasteiger partial charge < -0.3 is 9.88 Å². The number of aromatic nitrogens is 1. The molecule has 0 amide bonds. The van der Waals surface area contributed by atoms with E-state index in [9.17, 15) is 0 Å². The topological polar surface area (TPSA) is 17.0 Å². The van der Waals surface area contributed by atoms with E-state index in [1.807, 2.05) is 0 Å². The first kappa shape index (κ1) is 20.8. The van der Waals surface area contributed by atoms with E-state index in [1.165, 1.54) is 49.1 Å². The Bertz CT molecular complexity index is 1840. The van der Waals surface area contributed by atoms with Crippen LogP contribution in [0.25, 0.3) is 50.8 Å². The molecule has 0 unspecified atom stereocenters. The van der Waals surface area contributed by atoms with E-state index in [0.29, 0.717) is 0 Å². The Morgan fingerprint density at radius 1 is 0.500 bits per heavy atom. The summed E-state index contributed by atoms with van der Waals surface area (Å²) in [7, 11) is 0. The van der Waals surface area contributed by atoms with E-state index >= 15 is 0 Å². The Morgan fingerprint density at radius 3 is 2.06 bits per heavy atom. The Kier molecular flexibility index (Phi) is 4.96. The molecule has 0 saturated carbocycles. The molecule has 172 valence electrons. The van der Waals surface area contributed by atoms with E-state index in [0.717, 1.165) is 24.2 Å². The molecule has 0 radical (unpaired) electrons. The van der Waals surface area contributed by atoms with Crippen molar-refractivity contribution in [1.82, 2.24) is 4.57 Å². The van der Waals surface area contributed by atoms with E-state index in [-0.39, 0.29) is 0 Å². The molecule has 6 aromatic rings. The van der Waals surface area contributed by atoms with Gasteiger partial charge in [0.2, 0.25) is 0 Å². The fourth-order valence-electron chi connectivity index (χ4n) is 5.41. The van der Waals surface area contributed by atoms with Gasteiger partial charge in [0.25, 0.3) is 0 Å². The SMILES string of the molecule is C1=c2ccc(Nc3ccc(-c4ccc5c(c4)c4ccccc4n5-c4ccccc4)cc3)cc2=CCC1. The molecule has 0 aliphatic heterocycles. The second kappa shape index (κ2) is 8.58.